The van der Waals surface area contributed by atoms with Crippen molar-refractivity contribution in [3.8, 4) is 0 Å². The minimum Gasteiger partial charge on any atom is -0.396 e. The highest BCUT2D eigenvalue weighted by Gasteiger charge is 2.17. The second kappa shape index (κ2) is 6.11. The number of anilines is 1. The SMILES string of the molecule is Nc1nc(Cl)c2ncn([C@@H](CCO)OCCO)c2n1. The Kier molecular flexibility index (Phi) is 4.48. The maximum absolute atomic E-state index is 9.06. The number of fused-ring (bicyclic) bond motifs is 1. The lowest BCUT2D eigenvalue weighted by molar-refractivity contribution is -0.0260. The highest BCUT2D eigenvalue weighted by molar-refractivity contribution is 6.33. The Hall–Kier alpha value is -1.48. The van der Waals surface area contributed by atoms with Gasteiger partial charge in [-0.25, -0.2) is 4.98 Å². The van der Waals surface area contributed by atoms with Gasteiger partial charge in [-0.2, -0.15) is 9.97 Å². The molecule has 0 spiro atoms. The summed E-state index contributed by atoms with van der Waals surface area (Å²) in [6, 6.07) is 0. The lowest BCUT2D eigenvalue weighted by atomic mass is 10.4. The summed E-state index contributed by atoms with van der Waals surface area (Å²) in [5, 5.41) is 18.0. The Morgan fingerprint density at radius 3 is 2.84 bits per heavy atom. The molecule has 0 aliphatic heterocycles. The van der Waals surface area contributed by atoms with Crippen LogP contribution in [0, 0.1) is 0 Å². The van der Waals surface area contributed by atoms with Crippen molar-refractivity contribution in [1.82, 2.24) is 19.5 Å². The summed E-state index contributed by atoms with van der Waals surface area (Å²) in [4.78, 5) is 12.0. The topological polar surface area (TPSA) is 119 Å². The van der Waals surface area contributed by atoms with Crippen LogP contribution in [0.25, 0.3) is 11.2 Å². The third-order valence-corrected chi connectivity index (χ3v) is 2.75. The zero-order valence-electron chi connectivity index (χ0n) is 10.0. The van der Waals surface area contributed by atoms with Gasteiger partial charge in [-0.05, 0) is 0 Å². The lowest BCUT2D eigenvalue weighted by Gasteiger charge is -2.18. The number of aromatic nitrogens is 4. The molecule has 0 aliphatic carbocycles. The third kappa shape index (κ3) is 2.92. The van der Waals surface area contributed by atoms with Gasteiger partial charge in [0, 0.05) is 13.0 Å². The Labute approximate surface area is 113 Å². The number of nitrogen functional groups attached to an aromatic ring is 1. The van der Waals surface area contributed by atoms with Crippen LogP contribution in [0.3, 0.4) is 0 Å². The largest absolute Gasteiger partial charge is 0.396 e. The number of hydrogen-bond acceptors (Lipinski definition) is 7. The van der Waals surface area contributed by atoms with E-state index in [-0.39, 0.29) is 30.9 Å². The highest BCUT2D eigenvalue weighted by Crippen LogP contribution is 2.24. The molecular weight excluding hydrogens is 274 g/mol. The van der Waals surface area contributed by atoms with Gasteiger partial charge in [0.15, 0.2) is 10.8 Å². The fourth-order valence-electron chi connectivity index (χ4n) is 1.71. The number of nitrogens with two attached hydrogens (primary N) is 1. The second-order valence-electron chi connectivity index (χ2n) is 3.76. The molecule has 4 N–H and O–H groups in total. The number of halogens is 1. The molecule has 0 fully saturated rings. The van der Waals surface area contributed by atoms with Gasteiger partial charge in [0.1, 0.15) is 11.7 Å². The number of aliphatic hydroxyl groups excluding tert-OH is 2. The summed E-state index contributed by atoms with van der Waals surface area (Å²) < 4.78 is 7.03. The molecule has 2 aromatic heterocycles. The first-order chi connectivity index (χ1) is 9.17. The molecule has 0 amide bonds. The van der Waals surface area contributed by atoms with Gasteiger partial charge in [-0.3, -0.25) is 4.57 Å². The fraction of sp³-hybridized carbons (Fsp3) is 0.500. The zero-order chi connectivity index (χ0) is 13.8. The van der Waals surface area contributed by atoms with Crippen LogP contribution in [0.15, 0.2) is 6.33 Å². The predicted octanol–water partition coefficient (Wildman–Crippen LogP) is -0.0482. The number of ether oxygens (including phenoxy) is 1. The summed E-state index contributed by atoms with van der Waals surface area (Å²) in [6.07, 6.45) is 1.31. The van der Waals surface area contributed by atoms with Crippen molar-refractivity contribution in [3.63, 3.8) is 0 Å². The summed E-state index contributed by atoms with van der Waals surface area (Å²) in [6.45, 7) is -0.0604. The van der Waals surface area contributed by atoms with Crippen molar-refractivity contribution in [2.45, 2.75) is 12.6 Å². The van der Waals surface area contributed by atoms with E-state index in [1.54, 1.807) is 4.57 Å². The number of hydrogen-bond donors (Lipinski definition) is 3. The van der Waals surface area contributed by atoms with Crippen molar-refractivity contribution in [2.75, 3.05) is 25.6 Å². The molecule has 0 bridgehead atoms. The van der Waals surface area contributed by atoms with Crippen molar-refractivity contribution in [2.24, 2.45) is 0 Å². The minimum atomic E-state index is -0.507. The average Bonchev–Trinajstić information content (AvgIpc) is 2.78. The summed E-state index contributed by atoms with van der Waals surface area (Å²) in [5.74, 6) is 0.0316. The molecule has 1 atom stereocenters. The van der Waals surface area contributed by atoms with Crippen LogP contribution in [-0.4, -0.2) is 49.6 Å². The van der Waals surface area contributed by atoms with Crippen LogP contribution in [0.5, 0.6) is 0 Å². The third-order valence-electron chi connectivity index (χ3n) is 2.48. The molecule has 9 heteroatoms. The van der Waals surface area contributed by atoms with Crippen LogP contribution in [0.2, 0.25) is 5.15 Å². The van der Waals surface area contributed by atoms with E-state index in [0.717, 1.165) is 0 Å². The zero-order valence-corrected chi connectivity index (χ0v) is 10.8. The van der Waals surface area contributed by atoms with E-state index in [1.165, 1.54) is 6.33 Å². The molecular formula is C10H14ClN5O3. The molecule has 0 aromatic carbocycles. The van der Waals surface area contributed by atoms with Gasteiger partial charge in [0.05, 0.1) is 19.5 Å². The van der Waals surface area contributed by atoms with Gasteiger partial charge in [-0.15, -0.1) is 0 Å². The lowest BCUT2D eigenvalue weighted by Crippen LogP contribution is -2.16. The van der Waals surface area contributed by atoms with E-state index in [9.17, 15) is 0 Å². The smallest absolute Gasteiger partial charge is 0.223 e. The first kappa shape index (κ1) is 13.9. The maximum Gasteiger partial charge on any atom is 0.223 e. The monoisotopic (exact) mass is 287 g/mol. The van der Waals surface area contributed by atoms with E-state index in [2.05, 4.69) is 15.0 Å². The quantitative estimate of drug-likeness (QED) is 0.637. The van der Waals surface area contributed by atoms with E-state index in [0.29, 0.717) is 17.6 Å². The summed E-state index contributed by atoms with van der Waals surface area (Å²) in [5.41, 5.74) is 6.38. The van der Waals surface area contributed by atoms with E-state index in [4.69, 9.17) is 32.3 Å². The van der Waals surface area contributed by atoms with Gasteiger partial charge in [0.25, 0.3) is 0 Å². The van der Waals surface area contributed by atoms with Crippen LogP contribution in [-0.2, 0) is 4.74 Å². The molecule has 19 heavy (non-hydrogen) atoms. The predicted molar refractivity (Wildman–Crippen MR) is 68.5 cm³/mol. The van der Waals surface area contributed by atoms with Gasteiger partial charge in [-0.1, -0.05) is 11.6 Å². The first-order valence-electron chi connectivity index (χ1n) is 5.66. The van der Waals surface area contributed by atoms with Crippen LogP contribution >= 0.6 is 11.6 Å². The number of rotatable bonds is 6. The molecule has 2 heterocycles. The van der Waals surface area contributed by atoms with Gasteiger partial charge >= 0.3 is 0 Å². The highest BCUT2D eigenvalue weighted by atomic mass is 35.5. The van der Waals surface area contributed by atoms with Gasteiger partial charge in [0.2, 0.25) is 5.95 Å². The van der Waals surface area contributed by atoms with Crippen molar-refractivity contribution >= 4 is 28.7 Å². The van der Waals surface area contributed by atoms with Crippen LogP contribution in [0.4, 0.5) is 5.95 Å². The maximum atomic E-state index is 9.06. The average molecular weight is 288 g/mol. The molecule has 2 rings (SSSR count). The number of imidazole rings is 1. The van der Waals surface area contributed by atoms with Gasteiger partial charge < -0.3 is 20.7 Å². The fourth-order valence-corrected chi connectivity index (χ4v) is 1.93. The summed E-state index contributed by atoms with van der Waals surface area (Å²) >= 11 is 5.92. The van der Waals surface area contributed by atoms with Crippen molar-refractivity contribution in [1.29, 1.82) is 0 Å². The van der Waals surface area contributed by atoms with Crippen molar-refractivity contribution in [3.05, 3.63) is 11.5 Å². The van der Waals surface area contributed by atoms with Crippen molar-refractivity contribution < 1.29 is 14.9 Å². The van der Waals surface area contributed by atoms with E-state index in [1.807, 2.05) is 0 Å². The second-order valence-corrected chi connectivity index (χ2v) is 4.12. The van der Waals surface area contributed by atoms with E-state index >= 15 is 0 Å². The molecule has 8 nitrogen and oxygen atoms in total. The normalized spacial score (nSPS) is 13.0. The Morgan fingerprint density at radius 2 is 2.16 bits per heavy atom. The Balaban J connectivity index is 2.41. The molecule has 0 aliphatic rings. The molecule has 0 radical (unpaired) electrons. The number of aliphatic hydroxyl groups is 2. The molecule has 2 aromatic rings. The van der Waals surface area contributed by atoms with E-state index < -0.39 is 6.23 Å². The first-order valence-corrected chi connectivity index (χ1v) is 6.04. The Morgan fingerprint density at radius 1 is 1.37 bits per heavy atom. The minimum absolute atomic E-state index is 0.0316. The molecule has 0 saturated carbocycles. The molecule has 104 valence electrons. The molecule has 0 saturated heterocycles. The number of nitrogens with zero attached hydrogens (tertiary/aromatic N) is 4. The summed E-state index contributed by atoms with van der Waals surface area (Å²) in [7, 11) is 0. The molecule has 0 unspecified atom stereocenters. The van der Waals surface area contributed by atoms with Crippen LogP contribution in [0.1, 0.15) is 12.6 Å². The standard InChI is InChI=1S/C10H14ClN5O3/c11-8-7-9(15-10(12)14-8)16(5-13-7)6(1-2-17)19-4-3-18/h5-6,17-18H,1-4H2,(H2,12,14,15)/t6-/m1/s1. The van der Waals surface area contributed by atoms with Crippen LogP contribution < -0.4 is 5.73 Å². The Bertz CT molecular complexity index is 561.